The molecule has 162 valence electrons. The van der Waals surface area contributed by atoms with Crippen molar-refractivity contribution in [3.63, 3.8) is 0 Å². The molecule has 0 spiro atoms. The Balaban J connectivity index is 1.75. The lowest BCUT2D eigenvalue weighted by Crippen LogP contribution is -2.30. The summed E-state index contributed by atoms with van der Waals surface area (Å²) in [7, 11) is 0. The van der Waals surface area contributed by atoms with E-state index in [0.29, 0.717) is 27.2 Å². The van der Waals surface area contributed by atoms with Crippen molar-refractivity contribution < 1.29 is 14.0 Å². The van der Waals surface area contributed by atoms with E-state index in [1.165, 1.54) is 34.1 Å². The van der Waals surface area contributed by atoms with Crippen LogP contribution in [0.5, 0.6) is 0 Å². The van der Waals surface area contributed by atoms with E-state index < -0.39 is 11.8 Å². The number of anilines is 1. The third-order valence-corrected chi connectivity index (χ3v) is 6.08. The van der Waals surface area contributed by atoms with Gasteiger partial charge in [0.05, 0.1) is 16.6 Å². The summed E-state index contributed by atoms with van der Waals surface area (Å²) >= 11 is 1.37. The van der Waals surface area contributed by atoms with Gasteiger partial charge in [-0.15, -0.1) is 11.3 Å². The molecule has 2 heterocycles. The summed E-state index contributed by atoms with van der Waals surface area (Å²) in [4.78, 5) is 43.6. The number of aryl methyl sites for hydroxylation is 2. The Morgan fingerprint density at radius 3 is 2.50 bits per heavy atom. The maximum atomic E-state index is 13.4. The molecule has 0 atom stereocenters. The first kappa shape index (κ1) is 21.4. The lowest BCUT2D eigenvalue weighted by atomic mass is 10.0. The summed E-state index contributed by atoms with van der Waals surface area (Å²) in [5, 5.41) is 3.02. The molecule has 0 radical (unpaired) electrons. The van der Waals surface area contributed by atoms with Crippen LogP contribution in [0.1, 0.15) is 21.1 Å². The number of para-hydroxylation sites is 1. The molecule has 4 rings (SSSR count). The molecule has 7 nitrogen and oxygen atoms in total. The second-order valence-corrected chi connectivity index (χ2v) is 8.43. The molecule has 0 aliphatic rings. The SMILES string of the molecule is Cc1sc2nc(C)n(CC(=O)Nc3ccccc3C(N)=O)c(=O)c2c1-c1ccc(F)cc1. The van der Waals surface area contributed by atoms with Gasteiger partial charge in [0.15, 0.2) is 0 Å². The predicted octanol–water partition coefficient (Wildman–Crippen LogP) is 3.62. The number of benzene rings is 2. The molecule has 9 heteroatoms. The molecule has 32 heavy (non-hydrogen) atoms. The average molecular weight is 450 g/mol. The van der Waals surface area contributed by atoms with Gasteiger partial charge < -0.3 is 11.1 Å². The summed E-state index contributed by atoms with van der Waals surface area (Å²) in [6.07, 6.45) is 0. The molecule has 2 amide bonds. The van der Waals surface area contributed by atoms with Crippen LogP contribution >= 0.6 is 11.3 Å². The van der Waals surface area contributed by atoms with E-state index in [4.69, 9.17) is 5.73 Å². The fraction of sp³-hybridized carbons (Fsp3) is 0.130. The molecular formula is C23H19FN4O3S. The van der Waals surface area contributed by atoms with Crippen molar-refractivity contribution in [3.05, 3.63) is 81.0 Å². The number of thiophene rings is 1. The molecule has 0 bridgehead atoms. The van der Waals surface area contributed by atoms with E-state index in [0.717, 1.165) is 4.88 Å². The number of primary amides is 1. The van der Waals surface area contributed by atoms with Crippen LogP contribution in [0.15, 0.2) is 53.3 Å². The number of halogens is 1. The van der Waals surface area contributed by atoms with Crippen LogP contribution < -0.4 is 16.6 Å². The van der Waals surface area contributed by atoms with E-state index in [1.807, 2.05) is 6.92 Å². The van der Waals surface area contributed by atoms with Crippen LogP contribution in [0, 0.1) is 19.7 Å². The largest absolute Gasteiger partial charge is 0.366 e. The minimum atomic E-state index is -0.671. The number of aromatic nitrogens is 2. The zero-order chi connectivity index (χ0) is 23.0. The second kappa shape index (κ2) is 8.35. The Bertz CT molecular complexity index is 1420. The Labute approximate surface area is 186 Å². The van der Waals surface area contributed by atoms with Gasteiger partial charge in [0.2, 0.25) is 5.91 Å². The van der Waals surface area contributed by atoms with Gasteiger partial charge in [0, 0.05) is 10.4 Å². The highest BCUT2D eigenvalue weighted by atomic mass is 32.1. The zero-order valence-corrected chi connectivity index (χ0v) is 18.1. The van der Waals surface area contributed by atoms with E-state index in [2.05, 4.69) is 10.3 Å². The van der Waals surface area contributed by atoms with Crippen LogP contribution in [0.2, 0.25) is 0 Å². The smallest absolute Gasteiger partial charge is 0.263 e. The van der Waals surface area contributed by atoms with Gasteiger partial charge in [-0.25, -0.2) is 9.37 Å². The number of hydrogen-bond donors (Lipinski definition) is 2. The standard InChI is InChI=1S/C23H19FN4O3S/c1-12-19(14-7-9-15(24)10-8-14)20-22(32-12)26-13(2)28(23(20)31)11-18(29)27-17-6-4-3-5-16(17)21(25)30/h3-10H,11H2,1-2H3,(H2,25,30)(H,27,29). The van der Waals surface area contributed by atoms with E-state index in [9.17, 15) is 18.8 Å². The van der Waals surface area contributed by atoms with E-state index in [-0.39, 0.29) is 29.2 Å². The topological polar surface area (TPSA) is 107 Å². The fourth-order valence-electron chi connectivity index (χ4n) is 3.59. The first-order valence-corrected chi connectivity index (χ1v) is 10.5. The number of fused-ring (bicyclic) bond motifs is 1. The third kappa shape index (κ3) is 3.90. The second-order valence-electron chi connectivity index (χ2n) is 7.23. The molecule has 2 aromatic heterocycles. The average Bonchev–Trinajstić information content (AvgIpc) is 3.07. The highest BCUT2D eigenvalue weighted by Crippen LogP contribution is 2.35. The van der Waals surface area contributed by atoms with Crippen LogP contribution in [-0.2, 0) is 11.3 Å². The van der Waals surface area contributed by atoms with Crippen LogP contribution in [0.4, 0.5) is 10.1 Å². The molecule has 0 aliphatic heterocycles. The lowest BCUT2D eigenvalue weighted by molar-refractivity contribution is -0.116. The number of carbonyl (C=O) groups excluding carboxylic acids is 2. The van der Waals surface area contributed by atoms with Crippen molar-refractivity contribution in [1.82, 2.24) is 9.55 Å². The molecule has 0 aliphatic carbocycles. The van der Waals surface area contributed by atoms with Crippen LogP contribution in [-0.4, -0.2) is 21.4 Å². The van der Waals surface area contributed by atoms with Gasteiger partial charge in [-0.1, -0.05) is 24.3 Å². The number of nitrogens with zero attached hydrogens (tertiary/aromatic N) is 2. The molecule has 0 unspecified atom stereocenters. The number of nitrogens with one attached hydrogen (secondary N) is 1. The Morgan fingerprint density at radius 2 is 1.81 bits per heavy atom. The van der Waals surface area contributed by atoms with E-state index in [1.54, 1.807) is 37.3 Å². The Morgan fingerprint density at radius 1 is 1.12 bits per heavy atom. The number of carbonyl (C=O) groups is 2. The first-order valence-electron chi connectivity index (χ1n) is 9.71. The summed E-state index contributed by atoms with van der Waals surface area (Å²) < 4.78 is 14.7. The molecular weight excluding hydrogens is 431 g/mol. The van der Waals surface area contributed by atoms with Crippen molar-refractivity contribution in [2.45, 2.75) is 20.4 Å². The van der Waals surface area contributed by atoms with Gasteiger partial charge in [-0.2, -0.15) is 0 Å². The third-order valence-electron chi connectivity index (χ3n) is 5.08. The van der Waals surface area contributed by atoms with Crippen molar-refractivity contribution in [1.29, 1.82) is 0 Å². The summed E-state index contributed by atoms with van der Waals surface area (Å²) in [6.45, 7) is 3.23. The van der Waals surface area contributed by atoms with E-state index >= 15 is 0 Å². The molecule has 4 aromatic rings. The van der Waals surface area contributed by atoms with Crippen LogP contribution in [0.25, 0.3) is 21.3 Å². The monoisotopic (exact) mass is 450 g/mol. The van der Waals surface area contributed by atoms with Crippen molar-refractivity contribution >= 4 is 39.1 Å². The fourth-order valence-corrected chi connectivity index (χ4v) is 4.67. The summed E-state index contributed by atoms with van der Waals surface area (Å²) in [5.74, 6) is -1.16. The minimum Gasteiger partial charge on any atom is -0.366 e. The normalized spacial score (nSPS) is 11.0. The summed E-state index contributed by atoms with van der Waals surface area (Å²) in [6, 6.07) is 12.3. The van der Waals surface area contributed by atoms with Gasteiger partial charge in [-0.05, 0) is 43.7 Å². The first-order chi connectivity index (χ1) is 15.3. The quantitative estimate of drug-likeness (QED) is 0.484. The van der Waals surface area contributed by atoms with Crippen molar-refractivity contribution in [3.8, 4) is 11.1 Å². The number of rotatable bonds is 5. The van der Waals surface area contributed by atoms with Gasteiger partial charge in [0.1, 0.15) is 23.0 Å². The number of hydrogen-bond acceptors (Lipinski definition) is 5. The number of nitrogens with two attached hydrogens (primary N) is 1. The van der Waals surface area contributed by atoms with Gasteiger partial charge in [0.25, 0.3) is 11.5 Å². The van der Waals surface area contributed by atoms with Crippen molar-refractivity contribution in [2.75, 3.05) is 5.32 Å². The molecule has 0 saturated heterocycles. The maximum absolute atomic E-state index is 13.4. The Hall–Kier alpha value is -3.85. The highest BCUT2D eigenvalue weighted by molar-refractivity contribution is 7.19. The zero-order valence-electron chi connectivity index (χ0n) is 17.3. The molecule has 0 saturated carbocycles. The molecule has 2 aromatic carbocycles. The molecule has 0 fully saturated rings. The maximum Gasteiger partial charge on any atom is 0.263 e. The molecule has 3 N–H and O–H groups in total. The van der Waals surface area contributed by atoms with Crippen LogP contribution in [0.3, 0.4) is 0 Å². The van der Waals surface area contributed by atoms with Gasteiger partial charge in [-0.3, -0.25) is 19.0 Å². The highest BCUT2D eigenvalue weighted by Gasteiger charge is 2.20. The van der Waals surface area contributed by atoms with Crippen molar-refractivity contribution in [2.24, 2.45) is 5.73 Å². The summed E-state index contributed by atoms with van der Waals surface area (Å²) in [5.41, 5.74) is 6.81. The predicted molar refractivity (Wildman–Crippen MR) is 122 cm³/mol. The minimum absolute atomic E-state index is 0.172. The lowest BCUT2D eigenvalue weighted by Gasteiger charge is -2.12. The van der Waals surface area contributed by atoms with Gasteiger partial charge >= 0.3 is 0 Å². The Kier molecular flexibility index (Phi) is 5.58. The number of amides is 2.